The molecule has 1 unspecified atom stereocenters. The molecule has 0 aliphatic heterocycles. The fourth-order valence-electron chi connectivity index (χ4n) is 2.64. The van der Waals surface area contributed by atoms with Gasteiger partial charge in [-0.25, -0.2) is 4.98 Å². The summed E-state index contributed by atoms with van der Waals surface area (Å²) in [7, 11) is 0. The van der Waals surface area contributed by atoms with Gasteiger partial charge >= 0.3 is 0 Å². The van der Waals surface area contributed by atoms with E-state index in [1.54, 1.807) is 12.1 Å². The Morgan fingerprint density at radius 1 is 1.20 bits per heavy atom. The highest BCUT2D eigenvalue weighted by atomic mass is 35.5. The second-order valence-electron chi connectivity index (χ2n) is 5.81. The molecule has 0 spiro atoms. The van der Waals surface area contributed by atoms with Crippen LogP contribution in [0.2, 0.25) is 5.02 Å². The number of anilines is 1. The Morgan fingerprint density at radius 3 is 2.76 bits per heavy atom. The van der Waals surface area contributed by atoms with Crippen molar-refractivity contribution in [2.24, 2.45) is 0 Å². The zero-order valence-electron chi connectivity index (χ0n) is 14.1. The highest BCUT2D eigenvalue weighted by Gasteiger charge is 2.19. The minimum Gasteiger partial charge on any atom is -0.325 e. The zero-order valence-corrected chi connectivity index (χ0v) is 15.7. The molecule has 1 N–H and O–H groups in total. The van der Waals surface area contributed by atoms with Gasteiger partial charge in [0.2, 0.25) is 5.91 Å². The Labute approximate surface area is 156 Å². The van der Waals surface area contributed by atoms with Crippen LogP contribution >= 0.6 is 23.4 Å². The Hall–Kier alpha value is -2.04. The van der Waals surface area contributed by atoms with Gasteiger partial charge < -0.3 is 5.32 Å². The molecule has 3 nitrogen and oxygen atoms in total. The molecule has 2 aromatic carbocycles. The molecular weight excluding hydrogens is 352 g/mol. The van der Waals surface area contributed by atoms with E-state index < -0.39 is 0 Å². The van der Waals surface area contributed by atoms with E-state index in [1.807, 2.05) is 43.3 Å². The smallest absolute Gasteiger partial charge is 0.237 e. The molecule has 0 radical (unpaired) electrons. The van der Waals surface area contributed by atoms with Gasteiger partial charge in [-0.3, -0.25) is 4.79 Å². The molecule has 3 rings (SSSR count). The van der Waals surface area contributed by atoms with Gasteiger partial charge in [0.25, 0.3) is 0 Å². The molecule has 1 atom stereocenters. The van der Waals surface area contributed by atoms with Gasteiger partial charge in [-0.15, -0.1) is 0 Å². The molecule has 1 aromatic heterocycles. The van der Waals surface area contributed by atoms with E-state index in [4.69, 9.17) is 11.6 Å². The average molecular weight is 371 g/mol. The van der Waals surface area contributed by atoms with Gasteiger partial charge in [-0.2, -0.15) is 0 Å². The maximum absolute atomic E-state index is 12.6. The van der Waals surface area contributed by atoms with E-state index in [0.29, 0.717) is 17.1 Å². The maximum Gasteiger partial charge on any atom is 0.237 e. The van der Waals surface area contributed by atoms with Crippen LogP contribution in [0.25, 0.3) is 10.9 Å². The number of benzene rings is 2. The van der Waals surface area contributed by atoms with Crippen molar-refractivity contribution < 1.29 is 4.79 Å². The molecule has 0 aliphatic rings. The number of hydrogen-bond donors (Lipinski definition) is 1. The predicted octanol–water partition coefficient (Wildman–Crippen LogP) is 5.71. The van der Waals surface area contributed by atoms with Crippen LogP contribution in [-0.4, -0.2) is 16.1 Å². The number of halogens is 1. The molecular formula is C20H19ClN2OS. The van der Waals surface area contributed by atoms with Crippen molar-refractivity contribution in [1.82, 2.24) is 4.98 Å². The first-order chi connectivity index (χ1) is 12.1. The van der Waals surface area contributed by atoms with Gasteiger partial charge in [0.05, 0.1) is 15.8 Å². The molecule has 0 fully saturated rings. The molecule has 0 bridgehead atoms. The summed E-state index contributed by atoms with van der Waals surface area (Å²) in [6.07, 6.45) is 0.713. The van der Waals surface area contributed by atoms with Gasteiger partial charge in [0.1, 0.15) is 0 Å². The van der Waals surface area contributed by atoms with E-state index in [9.17, 15) is 4.79 Å². The number of aryl methyl sites for hydroxylation is 1. The van der Waals surface area contributed by atoms with Gasteiger partial charge in [0, 0.05) is 16.1 Å². The monoisotopic (exact) mass is 370 g/mol. The van der Waals surface area contributed by atoms with Crippen molar-refractivity contribution in [2.45, 2.75) is 30.5 Å². The quantitative estimate of drug-likeness (QED) is 0.585. The maximum atomic E-state index is 12.6. The summed E-state index contributed by atoms with van der Waals surface area (Å²) in [5.74, 6) is -0.0395. The van der Waals surface area contributed by atoms with Gasteiger partial charge in [0.15, 0.2) is 0 Å². The number of hydrogen-bond acceptors (Lipinski definition) is 3. The lowest BCUT2D eigenvalue weighted by Crippen LogP contribution is -2.24. The minimum absolute atomic E-state index is 0.0395. The van der Waals surface area contributed by atoms with Crippen LogP contribution in [0, 0.1) is 6.92 Å². The number of para-hydroxylation sites is 1. The van der Waals surface area contributed by atoms with Crippen LogP contribution in [0.3, 0.4) is 0 Å². The number of rotatable bonds is 5. The third-order valence-electron chi connectivity index (χ3n) is 3.92. The average Bonchev–Trinajstić information content (AvgIpc) is 2.59. The van der Waals surface area contributed by atoms with Crippen molar-refractivity contribution in [3.63, 3.8) is 0 Å². The second-order valence-corrected chi connectivity index (χ2v) is 7.47. The molecule has 1 heterocycles. The topological polar surface area (TPSA) is 42.0 Å². The lowest BCUT2D eigenvalue weighted by atomic mass is 10.1. The van der Waals surface area contributed by atoms with Crippen molar-refractivity contribution in [1.29, 1.82) is 0 Å². The third-order valence-corrected chi connectivity index (χ3v) is 5.44. The second kappa shape index (κ2) is 7.89. The number of carbonyl (C=O) groups excluding carboxylic acids is 1. The highest BCUT2D eigenvalue weighted by Crippen LogP contribution is 2.29. The fourth-order valence-corrected chi connectivity index (χ4v) is 3.85. The first-order valence-corrected chi connectivity index (χ1v) is 9.42. The van der Waals surface area contributed by atoms with Crippen molar-refractivity contribution in [3.8, 4) is 0 Å². The summed E-state index contributed by atoms with van der Waals surface area (Å²) in [6, 6.07) is 17.3. The molecule has 1 amide bonds. The molecule has 0 saturated carbocycles. The summed E-state index contributed by atoms with van der Waals surface area (Å²) in [5.41, 5.74) is 2.83. The number of aromatic nitrogens is 1. The number of nitrogens with zero attached hydrogens (tertiary/aromatic N) is 1. The number of thioether (sulfide) groups is 1. The molecule has 0 saturated heterocycles. The Balaban J connectivity index is 1.78. The predicted molar refractivity (Wildman–Crippen MR) is 106 cm³/mol. The number of amides is 1. The van der Waals surface area contributed by atoms with E-state index in [2.05, 4.69) is 23.3 Å². The summed E-state index contributed by atoms with van der Waals surface area (Å²) in [6.45, 7) is 4.07. The minimum atomic E-state index is -0.216. The molecule has 5 heteroatoms. The normalized spacial score (nSPS) is 12.1. The van der Waals surface area contributed by atoms with Gasteiger partial charge in [-0.05, 0) is 49.2 Å². The standard InChI is InChI=1S/C20H19ClN2OS/c1-3-18(20(24)22-15-8-6-7-14(21)12-15)25-19-11-13(2)16-9-4-5-10-17(16)23-19/h4-12,18H,3H2,1-2H3,(H,22,24). The van der Waals surface area contributed by atoms with Crippen molar-refractivity contribution in [2.75, 3.05) is 5.32 Å². The van der Waals surface area contributed by atoms with E-state index in [-0.39, 0.29) is 11.2 Å². The summed E-state index contributed by atoms with van der Waals surface area (Å²) >= 11 is 7.47. The van der Waals surface area contributed by atoms with E-state index in [0.717, 1.165) is 15.9 Å². The zero-order chi connectivity index (χ0) is 17.8. The molecule has 128 valence electrons. The van der Waals surface area contributed by atoms with Crippen LogP contribution in [0.5, 0.6) is 0 Å². The largest absolute Gasteiger partial charge is 0.325 e. The number of fused-ring (bicyclic) bond motifs is 1. The summed E-state index contributed by atoms with van der Waals surface area (Å²) in [4.78, 5) is 17.3. The van der Waals surface area contributed by atoms with Crippen LogP contribution in [0.1, 0.15) is 18.9 Å². The van der Waals surface area contributed by atoms with Crippen molar-refractivity contribution in [3.05, 3.63) is 65.2 Å². The number of carbonyl (C=O) groups is 1. The lowest BCUT2D eigenvalue weighted by molar-refractivity contribution is -0.115. The first kappa shape index (κ1) is 17.8. The van der Waals surface area contributed by atoms with Crippen LogP contribution in [0.4, 0.5) is 5.69 Å². The Bertz CT molecular complexity index is 913. The lowest BCUT2D eigenvalue weighted by Gasteiger charge is -2.15. The highest BCUT2D eigenvalue weighted by molar-refractivity contribution is 8.00. The van der Waals surface area contributed by atoms with Crippen LogP contribution in [0.15, 0.2) is 59.6 Å². The number of pyridine rings is 1. The molecule has 25 heavy (non-hydrogen) atoms. The number of nitrogens with one attached hydrogen (secondary N) is 1. The summed E-state index contributed by atoms with van der Waals surface area (Å²) in [5, 5.41) is 5.33. The molecule has 3 aromatic rings. The summed E-state index contributed by atoms with van der Waals surface area (Å²) < 4.78 is 0. The first-order valence-electron chi connectivity index (χ1n) is 8.16. The fraction of sp³-hybridized carbons (Fsp3) is 0.200. The van der Waals surface area contributed by atoms with Crippen LogP contribution in [-0.2, 0) is 4.79 Å². The SMILES string of the molecule is CCC(Sc1cc(C)c2ccccc2n1)C(=O)Nc1cccc(Cl)c1. The van der Waals surface area contributed by atoms with Crippen LogP contribution < -0.4 is 5.32 Å². The Kier molecular flexibility index (Phi) is 5.61. The van der Waals surface area contributed by atoms with E-state index >= 15 is 0 Å². The third kappa shape index (κ3) is 4.33. The molecule has 0 aliphatic carbocycles. The Morgan fingerprint density at radius 2 is 2.00 bits per heavy atom. The van der Waals surface area contributed by atoms with Gasteiger partial charge in [-0.1, -0.05) is 54.6 Å². The van der Waals surface area contributed by atoms with E-state index in [1.165, 1.54) is 17.3 Å². The van der Waals surface area contributed by atoms with Crippen molar-refractivity contribution >= 4 is 45.9 Å².